The molecule has 2 unspecified atom stereocenters. The molecule has 0 aromatic heterocycles. The first-order chi connectivity index (χ1) is 7.26. The van der Waals surface area contributed by atoms with Crippen LogP contribution in [0.3, 0.4) is 0 Å². The third-order valence-corrected chi connectivity index (χ3v) is 2.77. The van der Waals surface area contributed by atoms with Crippen molar-refractivity contribution >= 4 is 0 Å². The topological polar surface area (TPSA) is 44.7 Å². The minimum Gasteiger partial charge on any atom is -0.396 e. The van der Waals surface area contributed by atoms with Gasteiger partial charge in [-0.3, -0.25) is 4.90 Å². The van der Waals surface area contributed by atoms with Crippen molar-refractivity contribution < 1.29 is 9.84 Å². The predicted molar refractivity (Wildman–Crippen MR) is 61.0 cm³/mol. The second kappa shape index (κ2) is 7.17. The molecule has 1 fully saturated rings. The summed E-state index contributed by atoms with van der Waals surface area (Å²) in [6, 6.07) is 0.408. The number of likely N-dealkylation sites (N-methyl/N-ethyl adjacent to an activating group) is 1. The molecule has 1 aliphatic heterocycles. The molecule has 0 aliphatic carbocycles. The summed E-state index contributed by atoms with van der Waals surface area (Å²) >= 11 is 0. The van der Waals surface area contributed by atoms with Crippen LogP contribution in [-0.4, -0.2) is 61.5 Å². The van der Waals surface area contributed by atoms with Crippen molar-refractivity contribution in [1.82, 2.24) is 10.2 Å². The molecule has 0 saturated carbocycles. The summed E-state index contributed by atoms with van der Waals surface area (Å²) in [6.45, 7) is 9.31. The third-order valence-electron chi connectivity index (χ3n) is 2.77. The van der Waals surface area contributed by atoms with Gasteiger partial charge in [0.15, 0.2) is 0 Å². The van der Waals surface area contributed by atoms with Gasteiger partial charge >= 0.3 is 0 Å². The van der Waals surface area contributed by atoms with Crippen LogP contribution in [0.5, 0.6) is 0 Å². The molecule has 0 radical (unpaired) electrons. The average Bonchev–Trinajstić information content (AvgIpc) is 2.18. The van der Waals surface area contributed by atoms with Crippen LogP contribution >= 0.6 is 0 Å². The zero-order valence-corrected chi connectivity index (χ0v) is 9.91. The number of morpholine rings is 1. The highest BCUT2D eigenvalue weighted by molar-refractivity contribution is 4.75. The highest BCUT2D eigenvalue weighted by Gasteiger charge is 2.19. The maximum Gasteiger partial charge on any atom is 0.0674 e. The van der Waals surface area contributed by atoms with Crippen LogP contribution in [0, 0.1) is 0 Å². The number of aliphatic hydroxyl groups is 1. The maximum atomic E-state index is 8.96. The number of nitrogens with one attached hydrogen (secondary N) is 1. The van der Waals surface area contributed by atoms with Crippen LogP contribution in [0.4, 0.5) is 0 Å². The van der Waals surface area contributed by atoms with Gasteiger partial charge in [0.25, 0.3) is 0 Å². The molecular formula is C11H24N2O2. The molecule has 1 aliphatic rings. The van der Waals surface area contributed by atoms with Crippen molar-refractivity contribution in [3.63, 3.8) is 0 Å². The van der Waals surface area contributed by atoms with E-state index in [1.54, 1.807) is 0 Å². The summed E-state index contributed by atoms with van der Waals surface area (Å²) in [4.78, 5) is 2.41. The van der Waals surface area contributed by atoms with Gasteiger partial charge in [-0.15, -0.1) is 0 Å². The van der Waals surface area contributed by atoms with E-state index in [1.807, 2.05) is 0 Å². The van der Waals surface area contributed by atoms with E-state index in [4.69, 9.17) is 9.84 Å². The van der Waals surface area contributed by atoms with E-state index in [9.17, 15) is 0 Å². The quantitative estimate of drug-likeness (QED) is 0.659. The van der Waals surface area contributed by atoms with Crippen LogP contribution in [0.1, 0.15) is 20.3 Å². The molecule has 1 heterocycles. The number of hydrogen-bond donors (Lipinski definition) is 2. The first-order valence-electron chi connectivity index (χ1n) is 5.94. The fraction of sp³-hybridized carbons (Fsp3) is 1.00. The normalized spacial score (nSPS) is 25.4. The van der Waals surface area contributed by atoms with Gasteiger partial charge in [-0.05, 0) is 19.9 Å². The lowest BCUT2D eigenvalue weighted by molar-refractivity contribution is -0.0215. The second-order valence-corrected chi connectivity index (χ2v) is 4.21. The molecule has 0 aromatic rings. The van der Waals surface area contributed by atoms with E-state index in [2.05, 4.69) is 24.1 Å². The van der Waals surface area contributed by atoms with Gasteiger partial charge in [-0.1, -0.05) is 6.92 Å². The molecule has 15 heavy (non-hydrogen) atoms. The molecular weight excluding hydrogens is 192 g/mol. The number of rotatable bonds is 6. The van der Waals surface area contributed by atoms with Crippen LogP contribution in [0.25, 0.3) is 0 Å². The Morgan fingerprint density at radius 2 is 2.40 bits per heavy atom. The summed E-state index contributed by atoms with van der Waals surface area (Å²) in [5.74, 6) is 0. The van der Waals surface area contributed by atoms with E-state index in [0.717, 1.165) is 39.2 Å². The van der Waals surface area contributed by atoms with E-state index in [0.29, 0.717) is 12.1 Å². The molecule has 0 spiro atoms. The first-order valence-corrected chi connectivity index (χ1v) is 5.94. The first kappa shape index (κ1) is 12.9. The number of aliphatic hydroxyl groups excluding tert-OH is 1. The zero-order chi connectivity index (χ0) is 11.1. The van der Waals surface area contributed by atoms with E-state index >= 15 is 0 Å². The van der Waals surface area contributed by atoms with E-state index in [1.165, 1.54) is 0 Å². The van der Waals surface area contributed by atoms with Crippen LogP contribution < -0.4 is 5.32 Å². The summed E-state index contributed by atoms with van der Waals surface area (Å²) in [5, 5.41) is 12.4. The van der Waals surface area contributed by atoms with Crippen molar-refractivity contribution in [2.75, 3.05) is 39.4 Å². The summed E-state index contributed by atoms with van der Waals surface area (Å²) in [5.41, 5.74) is 0. The van der Waals surface area contributed by atoms with Crippen molar-refractivity contribution in [2.24, 2.45) is 0 Å². The van der Waals surface area contributed by atoms with Crippen LogP contribution in [0.2, 0.25) is 0 Å². The van der Waals surface area contributed by atoms with Crippen LogP contribution in [-0.2, 0) is 4.74 Å². The molecule has 1 saturated heterocycles. The largest absolute Gasteiger partial charge is 0.396 e. The Morgan fingerprint density at radius 1 is 1.60 bits per heavy atom. The zero-order valence-electron chi connectivity index (χ0n) is 9.91. The lowest BCUT2D eigenvalue weighted by Crippen LogP contribution is -2.48. The highest BCUT2D eigenvalue weighted by Crippen LogP contribution is 2.06. The summed E-state index contributed by atoms with van der Waals surface area (Å²) < 4.78 is 5.50. The fourth-order valence-electron chi connectivity index (χ4n) is 2.07. The Labute approximate surface area is 92.6 Å². The fourth-order valence-corrected chi connectivity index (χ4v) is 2.07. The minimum absolute atomic E-state index is 0.261. The number of hydrogen-bond acceptors (Lipinski definition) is 4. The van der Waals surface area contributed by atoms with Crippen molar-refractivity contribution in [3.05, 3.63) is 0 Å². The Balaban J connectivity index is 2.28. The predicted octanol–water partition coefficient (Wildman–Crippen LogP) is 0.0676. The lowest BCUT2D eigenvalue weighted by Gasteiger charge is -2.33. The smallest absolute Gasteiger partial charge is 0.0674 e. The molecule has 4 nitrogen and oxygen atoms in total. The Hall–Kier alpha value is -0.160. The number of ether oxygens (including phenoxy) is 1. The molecule has 2 atom stereocenters. The van der Waals surface area contributed by atoms with Gasteiger partial charge in [-0.2, -0.15) is 0 Å². The Kier molecular flexibility index (Phi) is 6.17. The summed E-state index contributed by atoms with van der Waals surface area (Å²) in [7, 11) is 0. The maximum absolute atomic E-state index is 8.96. The SMILES string of the molecule is CCNC(CCO)CN1CCOC(C)C1. The molecule has 0 amide bonds. The molecule has 4 heteroatoms. The average molecular weight is 216 g/mol. The van der Waals surface area contributed by atoms with Gasteiger partial charge in [0.05, 0.1) is 12.7 Å². The van der Waals surface area contributed by atoms with Gasteiger partial charge < -0.3 is 15.2 Å². The monoisotopic (exact) mass is 216 g/mol. The Morgan fingerprint density at radius 3 is 3.00 bits per heavy atom. The molecule has 0 bridgehead atoms. The van der Waals surface area contributed by atoms with Crippen LogP contribution in [0.15, 0.2) is 0 Å². The standard InChI is InChI=1S/C11H24N2O2/c1-3-12-11(4-6-14)9-13-5-7-15-10(2)8-13/h10-12,14H,3-9H2,1-2H3. The highest BCUT2D eigenvalue weighted by atomic mass is 16.5. The number of nitrogens with zero attached hydrogens (tertiary/aromatic N) is 1. The molecule has 90 valence electrons. The van der Waals surface area contributed by atoms with Crippen molar-refractivity contribution in [1.29, 1.82) is 0 Å². The third kappa shape index (κ3) is 4.93. The van der Waals surface area contributed by atoms with Gasteiger partial charge in [-0.25, -0.2) is 0 Å². The molecule has 1 rings (SSSR count). The lowest BCUT2D eigenvalue weighted by atomic mass is 10.2. The van der Waals surface area contributed by atoms with Gasteiger partial charge in [0, 0.05) is 32.3 Å². The van der Waals surface area contributed by atoms with Crippen molar-refractivity contribution in [3.8, 4) is 0 Å². The summed E-state index contributed by atoms with van der Waals surface area (Å²) in [6.07, 6.45) is 1.18. The van der Waals surface area contributed by atoms with Gasteiger partial charge in [0.2, 0.25) is 0 Å². The molecule has 2 N–H and O–H groups in total. The van der Waals surface area contributed by atoms with E-state index < -0.39 is 0 Å². The van der Waals surface area contributed by atoms with E-state index in [-0.39, 0.29) is 6.61 Å². The second-order valence-electron chi connectivity index (χ2n) is 4.21. The Bertz CT molecular complexity index is 158. The van der Waals surface area contributed by atoms with Gasteiger partial charge in [0.1, 0.15) is 0 Å². The van der Waals surface area contributed by atoms with Crippen molar-refractivity contribution in [2.45, 2.75) is 32.4 Å². The molecule has 0 aromatic carbocycles. The minimum atomic E-state index is 0.261.